The van der Waals surface area contributed by atoms with E-state index in [2.05, 4.69) is 23.1 Å². The van der Waals surface area contributed by atoms with Crippen molar-refractivity contribution >= 4 is 17.5 Å². The van der Waals surface area contributed by atoms with Gasteiger partial charge in [0.2, 0.25) is 0 Å². The molecule has 3 aromatic rings. The molecule has 1 fully saturated rings. The maximum Gasteiger partial charge on any atom is 0.289 e. The highest BCUT2D eigenvalue weighted by atomic mass is 35.5. The number of nitrogens with zero attached hydrogens (tertiary/aromatic N) is 4. The Bertz CT molecular complexity index is 1020. The first kappa shape index (κ1) is 21.5. The van der Waals surface area contributed by atoms with Crippen LogP contribution in [0.25, 0.3) is 0 Å². The predicted octanol–water partition coefficient (Wildman–Crippen LogP) is 3.99. The second-order valence-corrected chi connectivity index (χ2v) is 8.11. The van der Waals surface area contributed by atoms with E-state index in [1.54, 1.807) is 36.4 Å². The zero-order valence-electron chi connectivity index (χ0n) is 17.9. The van der Waals surface area contributed by atoms with Gasteiger partial charge >= 0.3 is 0 Å². The summed E-state index contributed by atoms with van der Waals surface area (Å²) in [6.07, 6.45) is 2.11. The minimum Gasteiger partial charge on any atom is -0.486 e. The number of amides is 1. The van der Waals surface area contributed by atoms with Crippen LogP contribution in [0.2, 0.25) is 5.02 Å². The van der Waals surface area contributed by atoms with Crippen LogP contribution in [0.4, 0.5) is 0 Å². The fraction of sp³-hybridized carbons (Fsp3) is 0.391. The highest BCUT2D eigenvalue weighted by molar-refractivity contribution is 6.30. The lowest BCUT2D eigenvalue weighted by atomic mass is 10.2. The molecular formula is C23H27ClN4O3. The van der Waals surface area contributed by atoms with Crippen molar-refractivity contribution in [1.82, 2.24) is 19.6 Å². The lowest BCUT2D eigenvalue weighted by Gasteiger charge is -2.34. The predicted molar refractivity (Wildman–Crippen MR) is 118 cm³/mol. The average molecular weight is 443 g/mol. The van der Waals surface area contributed by atoms with Gasteiger partial charge in [0.05, 0.1) is 5.69 Å². The van der Waals surface area contributed by atoms with Gasteiger partial charge in [0.1, 0.15) is 18.1 Å². The fourth-order valence-corrected chi connectivity index (χ4v) is 3.76. The normalized spacial score (nSPS) is 14.7. The number of carbonyl (C=O) groups excluding carboxylic acids is 1. The van der Waals surface area contributed by atoms with Crippen molar-refractivity contribution in [1.29, 1.82) is 0 Å². The van der Waals surface area contributed by atoms with Crippen LogP contribution in [0, 0.1) is 6.92 Å². The third-order valence-electron chi connectivity index (χ3n) is 5.49. The number of rotatable bonds is 7. The van der Waals surface area contributed by atoms with Crippen molar-refractivity contribution in [2.75, 3.05) is 26.2 Å². The molecule has 1 saturated heterocycles. The van der Waals surface area contributed by atoms with E-state index < -0.39 is 0 Å². The van der Waals surface area contributed by atoms with Gasteiger partial charge in [0.25, 0.3) is 5.91 Å². The van der Waals surface area contributed by atoms with E-state index in [0.29, 0.717) is 35.4 Å². The molecule has 31 heavy (non-hydrogen) atoms. The van der Waals surface area contributed by atoms with E-state index in [4.69, 9.17) is 20.8 Å². The number of halogens is 1. The van der Waals surface area contributed by atoms with E-state index in [-0.39, 0.29) is 12.5 Å². The maximum absolute atomic E-state index is 12.8. The Labute approximate surface area is 187 Å². The van der Waals surface area contributed by atoms with Crippen LogP contribution < -0.4 is 4.74 Å². The van der Waals surface area contributed by atoms with Crippen LogP contribution in [0.15, 0.2) is 47.0 Å². The summed E-state index contributed by atoms with van der Waals surface area (Å²) in [4.78, 5) is 17.0. The highest BCUT2D eigenvalue weighted by Crippen LogP contribution is 2.19. The average Bonchev–Trinajstić information content (AvgIpc) is 3.40. The first-order chi connectivity index (χ1) is 15.0. The van der Waals surface area contributed by atoms with E-state index >= 15 is 0 Å². The van der Waals surface area contributed by atoms with Gasteiger partial charge in [-0.2, -0.15) is 5.10 Å². The molecule has 1 aromatic carbocycles. The monoisotopic (exact) mass is 442 g/mol. The van der Waals surface area contributed by atoms with E-state index in [1.807, 2.05) is 16.5 Å². The van der Waals surface area contributed by atoms with Gasteiger partial charge < -0.3 is 14.1 Å². The van der Waals surface area contributed by atoms with Gasteiger partial charge in [0, 0.05) is 56.1 Å². The number of furan rings is 1. The molecule has 8 heteroatoms. The number of piperazine rings is 1. The number of carbonyl (C=O) groups is 1. The molecule has 0 radical (unpaired) electrons. The summed E-state index contributed by atoms with van der Waals surface area (Å²) in [6, 6.07) is 10.6. The maximum atomic E-state index is 12.8. The van der Waals surface area contributed by atoms with Crippen molar-refractivity contribution in [3.8, 4) is 5.75 Å². The summed E-state index contributed by atoms with van der Waals surface area (Å²) in [6.45, 7) is 9.14. The summed E-state index contributed by atoms with van der Waals surface area (Å²) in [5.74, 6) is 1.58. The number of aryl methyl sites for hydroxylation is 2. The number of ether oxygens (including phenoxy) is 1. The van der Waals surface area contributed by atoms with Gasteiger partial charge in [-0.05, 0) is 50.2 Å². The molecule has 164 valence electrons. The van der Waals surface area contributed by atoms with Crippen LogP contribution in [0.1, 0.15) is 34.5 Å². The molecular weight excluding hydrogens is 416 g/mol. The minimum absolute atomic E-state index is 0.0765. The van der Waals surface area contributed by atoms with Crippen LogP contribution in [-0.4, -0.2) is 51.7 Å². The van der Waals surface area contributed by atoms with Gasteiger partial charge in [0.15, 0.2) is 5.76 Å². The largest absolute Gasteiger partial charge is 0.486 e. The summed E-state index contributed by atoms with van der Waals surface area (Å²) in [5.41, 5.74) is 2.32. The van der Waals surface area contributed by atoms with E-state index in [1.165, 1.54) is 5.56 Å². The van der Waals surface area contributed by atoms with Crippen molar-refractivity contribution in [2.24, 2.45) is 0 Å². The van der Waals surface area contributed by atoms with Crippen LogP contribution in [-0.2, 0) is 19.7 Å². The van der Waals surface area contributed by atoms with E-state index in [0.717, 1.165) is 31.9 Å². The molecule has 3 heterocycles. The lowest BCUT2D eigenvalue weighted by Crippen LogP contribution is -2.48. The van der Waals surface area contributed by atoms with Crippen LogP contribution in [0.3, 0.4) is 0 Å². The Morgan fingerprint density at radius 2 is 1.87 bits per heavy atom. The molecule has 0 bridgehead atoms. The molecule has 0 N–H and O–H groups in total. The Morgan fingerprint density at radius 1 is 1.13 bits per heavy atom. The molecule has 1 amide bonds. The summed E-state index contributed by atoms with van der Waals surface area (Å²) in [7, 11) is 0. The quantitative estimate of drug-likeness (QED) is 0.553. The first-order valence-corrected chi connectivity index (χ1v) is 10.9. The zero-order valence-corrected chi connectivity index (χ0v) is 18.6. The molecule has 7 nitrogen and oxygen atoms in total. The third-order valence-corrected chi connectivity index (χ3v) is 5.74. The number of hydrogen-bond donors (Lipinski definition) is 0. The van der Waals surface area contributed by atoms with Crippen LogP contribution >= 0.6 is 11.6 Å². The molecule has 1 aliphatic rings. The van der Waals surface area contributed by atoms with Gasteiger partial charge in [-0.3, -0.25) is 14.4 Å². The standard InChI is InChI=1S/C23H27ClN4O3/c1-3-28-15-18(17(2)25-28)14-26-10-12-27(13-11-26)23(29)22-9-8-21(31-22)16-30-20-6-4-19(24)5-7-20/h4-9,15H,3,10-14,16H2,1-2H3. The lowest BCUT2D eigenvalue weighted by molar-refractivity contribution is 0.0594. The van der Waals surface area contributed by atoms with Gasteiger partial charge in [-0.25, -0.2) is 0 Å². The third kappa shape index (κ3) is 5.29. The number of aromatic nitrogens is 2. The Balaban J connectivity index is 1.27. The van der Waals surface area contributed by atoms with Crippen molar-refractivity contribution in [3.05, 3.63) is 70.4 Å². The second kappa shape index (κ2) is 9.58. The SMILES string of the molecule is CCn1cc(CN2CCN(C(=O)c3ccc(COc4ccc(Cl)cc4)o3)CC2)c(C)n1. The highest BCUT2D eigenvalue weighted by Gasteiger charge is 2.25. The Morgan fingerprint density at radius 3 is 2.55 bits per heavy atom. The van der Waals surface area contributed by atoms with Gasteiger partial charge in [-0.15, -0.1) is 0 Å². The molecule has 2 aromatic heterocycles. The van der Waals surface area contributed by atoms with Crippen molar-refractivity contribution in [2.45, 2.75) is 33.5 Å². The smallest absolute Gasteiger partial charge is 0.289 e. The fourth-order valence-electron chi connectivity index (χ4n) is 3.64. The second-order valence-electron chi connectivity index (χ2n) is 7.67. The molecule has 0 saturated carbocycles. The molecule has 0 unspecified atom stereocenters. The molecule has 1 aliphatic heterocycles. The molecule has 4 rings (SSSR count). The Hall–Kier alpha value is -2.77. The van der Waals surface area contributed by atoms with Crippen molar-refractivity contribution in [3.63, 3.8) is 0 Å². The summed E-state index contributed by atoms with van der Waals surface area (Å²) >= 11 is 5.88. The topological polar surface area (TPSA) is 63.7 Å². The summed E-state index contributed by atoms with van der Waals surface area (Å²) in [5, 5.41) is 5.17. The Kier molecular flexibility index (Phi) is 6.63. The first-order valence-electron chi connectivity index (χ1n) is 10.5. The zero-order chi connectivity index (χ0) is 21.8. The number of hydrogen-bond acceptors (Lipinski definition) is 5. The molecule has 0 atom stereocenters. The van der Waals surface area contributed by atoms with Gasteiger partial charge in [-0.1, -0.05) is 11.6 Å². The number of benzene rings is 1. The molecule has 0 spiro atoms. The van der Waals surface area contributed by atoms with Crippen LogP contribution in [0.5, 0.6) is 5.75 Å². The molecule has 0 aliphatic carbocycles. The minimum atomic E-state index is -0.0765. The summed E-state index contributed by atoms with van der Waals surface area (Å²) < 4.78 is 13.4. The van der Waals surface area contributed by atoms with Crippen molar-refractivity contribution < 1.29 is 13.9 Å². The van der Waals surface area contributed by atoms with E-state index in [9.17, 15) is 4.79 Å².